The molecule has 0 aliphatic rings. The molecule has 0 aliphatic carbocycles. The molecule has 2 aromatic rings. The van der Waals surface area contributed by atoms with Gasteiger partial charge in [0.1, 0.15) is 11.6 Å². The van der Waals surface area contributed by atoms with E-state index in [2.05, 4.69) is 10.2 Å². The summed E-state index contributed by atoms with van der Waals surface area (Å²) < 4.78 is 26.8. The summed E-state index contributed by atoms with van der Waals surface area (Å²) in [5.74, 6) is 1.25. The third kappa shape index (κ3) is 3.65. The van der Waals surface area contributed by atoms with Gasteiger partial charge < -0.3 is 4.57 Å². The fourth-order valence-electron chi connectivity index (χ4n) is 1.98. The molecule has 1 aromatic heterocycles. The maximum absolute atomic E-state index is 12.5. The van der Waals surface area contributed by atoms with Crippen molar-refractivity contribution in [3.8, 4) is 0 Å². The molecule has 0 aliphatic heterocycles. The zero-order valence-electron chi connectivity index (χ0n) is 12.4. The molecular formula is C14H19N3O2S2. The van der Waals surface area contributed by atoms with Gasteiger partial charge in [0, 0.05) is 6.54 Å². The van der Waals surface area contributed by atoms with Crippen LogP contribution in [0.25, 0.3) is 0 Å². The summed E-state index contributed by atoms with van der Waals surface area (Å²) in [5.41, 5.74) is 1.03. The molecule has 114 valence electrons. The van der Waals surface area contributed by atoms with Crippen molar-refractivity contribution in [1.29, 1.82) is 0 Å². The number of hydrogen-bond acceptors (Lipinski definition) is 5. The molecular weight excluding hydrogens is 306 g/mol. The Hall–Kier alpha value is -1.34. The van der Waals surface area contributed by atoms with Crippen LogP contribution in [0.3, 0.4) is 0 Å². The van der Waals surface area contributed by atoms with Gasteiger partial charge >= 0.3 is 0 Å². The van der Waals surface area contributed by atoms with E-state index in [4.69, 9.17) is 0 Å². The van der Waals surface area contributed by atoms with Crippen LogP contribution in [0.1, 0.15) is 25.2 Å². The number of hydrogen-bond donors (Lipinski definition) is 0. The summed E-state index contributed by atoms with van der Waals surface area (Å²) in [6.07, 6.45) is 0. The standard InChI is InChI=1S/C14H19N3O2S2/c1-4-17-13(15-16-14(17)20-5-2)10-21(18,19)12-8-6-11(3)7-9-12/h6-9H,4-5,10H2,1-3H3. The van der Waals surface area contributed by atoms with E-state index in [1.165, 1.54) is 0 Å². The van der Waals surface area contributed by atoms with Crippen molar-refractivity contribution < 1.29 is 8.42 Å². The number of aromatic nitrogens is 3. The molecule has 0 amide bonds. The number of benzene rings is 1. The molecule has 0 N–H and O–H groups in total. The van der Waals surface area contributed by atoms with Gasteiger partial charge in [-0.3, -0.25) is 0 Å². The molecule has 1 heterocycles. The normalized spacial score (nSPS) is 11.8. The Morgan fingerprint density at radius 3 is 2.38 bits per heavy atom. The van der Waals surface area contributed by atoms with Gasteiger partial charge in [0.25, 0.3) is 0 Å². The lowest BCUT2D eigenvalue weighted by molar-refractivity contribution is 0.588. The summed E-state index contributed by atoms with van der Waals surface area (Å²) >= 11 is 1.57. The molecule has 1 aromatic carbocycles. The molecule has 0 bridgehead atoms. The van der Waals surface area contributed by atoms with Gasteiger partial charge in [0.05, 0.1) is 4.90 Å². The molecule has 0 atom stereocenters. The van der Waals surface area contributed by atoms with E-state index in [1.54, 1.807) is 36.0 Å². The SMILES string of the molecule is CCSc1nnc(CS(=O)(=O)c2ccc(C)cc2)n1CC. The van der Waals surface area contributed by atoms with Gasteiger partial charge in [0.15, 0.2) is 15.0 Å². The van der Waals surface area contributed by atoms with Crippen molar-refractivity contribution in [2.45, 2.75) is 43.1 Å². The summed E-state index contributed by atoms with van der Waals surface area (Å²) in [6.45, 7) is 6.58. The van der Waals surface area contributed by atoms with Crippen LogP contribution >= 0.6 is 11.8 Å². The largest absolute Gasteiger partial charge is 0.305 e. The molecule has 2 rings (SSSR count). The minimum absolute atomic E-state index is 0.124. The Morgan fingerprint density at radius 2 is 1.81 bits per heavy atom. The minimum atomic E-state index is -3.40. The highest BCUT2D eigenvalue weighted by Crippen LogP contribution is 2.20. The molecule has 0 unspecified atom stereocenters. The number of sulfone groups is 1. The third-order valence-corrected chi connectivity index (χ3v) is 5.56. The quantitative estimate of drug-likeness (QED) is 0.764. The van der Waals surface area contributed by atoms with E-state index in [0.29, 0.717) is 17.3 Å². The highest BCUT2D eigenvalue weighted by molar-refractivity contribution is 7.99. The zero-order chi connectivity index (χ0) is 15.5. The van der Waals surface area contributed by atoms with Crippen LogP contribution in [0.15, 0.2) is 34.3 Å². The van der Waals surface area contributed by atoms with Crippen molar-refractivity contribution in [3.63, 3.8) is 0 Å². The Balaban J connectivity index is 2.30. The molecule has 0 radical (unpaired) electrons. The van der Waals surface area contributed by atoms with Crippen LogP contribution in [-0.2, 0) is 22.1 Å². The second kappa shape index (κ2) is 6.62. The van der Waals surface area contributed by atoms with E-state index >= 15 is 0 Å². The summed E-state index contributed by atoms with van der Waals surface area (Å²) in [5, 5.41) is 8.90. The minimum Gasteiger partial charge on any atom is -0.305 e. The number of aryl methyl sites for hydroxylation is 1. The average Bonchev–Trinajstić information content (AvgIpc) is 2.81. The third-order valence-electron chi connectivity index (χ3n) is 3.08. The van der Waals surface area contributed by atoms with E-state index in [9.17, 15) is 8.42 Å². The van der Waals surface area contributed by atoms with Gasteiger partial charge in [0.2, 0.25) is 0 Å². The highest BCUT2D eigenvalue weighted by atomic mass is 32.2. The van der Waals surface area contributed by atoms with Crippen LogP contribution < -0.4 is 0 Å². The van der Waals surface area contributed by atoms with Crippen molar-refractivity contribution in [2.75, 3.05) is 5.75 Å². The number of thioether (sulfide) groups is 1. The van der Waals surface area contributed by atoms with E-state index in [0.717, 1.165) is 16.5 Å². The second-order valence-electron chi connectivity index (χ2n) is 4.65. The smallest absolute Gasteiger partial charge is 0.191 e. The molecule has 0 saturated carbocycles. The summed E-state index contributed by atoms with van der Waals surface area (Å²) in [4.78, 5) is 0.323. The Labute approximate surface area is 129 Å². The van der Waals surface area contributed by atoms with E-state index < -0.39 is 9.84 Å². The topological polar surface area (TPSA) is 64.8 Å². The predicted molar refractivity (Wildman–Crippen MR) is 84.2 cm³/mol. The first-order valence-corrected chi connectivity index (χ1v) is 9.46. The summed E-state index contributed by atoms with van der Waals surface area (Å²) in [7, 11) is -3.40. The first-order chi connectivity index (χ1) is 9.97. The monoisotopic (exact) mass is 325 g/mol. The van der Waals surface area contributed by atoms with Crippen LogP contribution in [-0.4, -0.2) is 28.9 Å². The number of rotatable bonds is 6. The number of nitrogens with zero attached hydrogens (tertiary/aromatic N) is 3. The van der Waals surface area contributed by atoms with Crippen molar-refractivity contribution >= 4 is 21.6 Å². The Kier molecular flexibility index (Phi) is 5.05. The van der Waals surface area contributed by atoms with E-state index in [1.807, 2.05) is 25.3 Å². The fraction of sp³-hybridized carbons (Fsp3) is 0.429. The lowest BCUT2D eigenvalue weighted by Gasteiger charge is -2.07. The van der Waals surface area contributed by atoms with Gasteiger partial charge in [-0.25, -0.2) is 8.42 Å². The Morgan fingerprint density at radius 1 is 1.14 bits per heavy atom. The molecule has 5 nitrogen and oxygen atoms in total. The zero-order valence-corrected chi connectivity index (χ0v) is 14.0. The average molecular weight is 325 g/mol. The van der Waals surface area contributed by atoms with Crippen LogP contribution in [0.4, 0.5) is 0 Å². The highest BCUT2D eigenvalue weighted by Gasteiger charge is 2.20. The lowest BCUT2D eigenvalue weighted by Crippen LogP contribution is -2.11. The van der Waals surface area contributed by atoms with Gasteiger partial charge in [-0.1, -0.05) is 36.4 Å². The maximum Gasteiger partial charge on any atom is 0.191 e. The first kappa shape index (κ1) is 16.0. The molecule has 21 heavy (non-hydrogen) atoms. The maximum atomic E-state index is 12.5. The predicted octanol–water partition coefficient (Wildman–Crippen LogP) is 2.69. The lowest BCUT2D eigenvalue weighted by atomic mass is 10.2. The van der Waals surface area contributed by atoms with Crippen LogP contribution in [0, 0.1) is 6.92 Å². The van der Waals surface area contributed by atoms with Crippen molar-refractivity contribution in [1.82, 2.24) is 14.8 Å². The molecule has 0 saturated heterocycles. The molecule has 0 spiro atoms. The van der Waals surface area contributed by atoms with Crippen molar-refractivity contribution in [2.24, 2.45) is 0 Å². The first-order valence-electron chi connectivity index (χ1n) is 6.82. The molecule has 0 fully saturated rings. The van der Waals surface area contributed by atoms with Crippen LogP contribution in [0.5, 0.6) is 0 Å². The van der Waals surface area contributed by atoms with Gasteiger partial charge in [-0.2, -0.15) is 0 Å². The van der Waals surface area contributed by atoms with Crippen molar-refractivity contribution in [3.05, 3.63) is 35.7 Å². The second-order valence-corrected chi connectivity index (χ2v) is 7.87. The van der Waals surface area contributed by atoms with E-state index in [-0.39, 0.29) is 5.75 Å². The Bertz CT molecular complexity index is 706. The summed E-state index contributed by atoms with van der Waals surface area (Å²) in [6, 6.07) is 6.88. The molecule has 7 heteroatoms. The van der Waals surface area contributed by atoms with Gasteiger partial charge in [-0.05, 0) is 31.7 Å². The van der Waals surface area contributed by atoms with Gasteiger partial charge in [-0.15, -0.1) is 10.2 Å². The fourth-order valence-corrected chi connectivity index (χ4v) is 4.00. The van der Waals surface area contributed by atoms with Crippen LogP contribution in [0.2, 0.25) is 0 Å².